The lowest BCUT2D eigenvalue weighted by molar-refractivity contribution is -0.150. The molecular formula is C22H15F7N2O3. The maximum atomic E-state index is 15.0. The minimum absolute atomic E-state index is 0.0157. The molecule has 0 bridgehead atoms. The Morgan fingerprint density at radius 3 is 2.15 bits per heavy atom. The molecule has 1 aliphatic carbocycles. The number of hydrogen-bond acceptors (Lipinski definition) is 4. The lowest BCUT2D eigenvalue weighted by atomic mass is 10.0. The summed E-state index contributed by atoms with van der Waals surface area (Å²) in [4.78, 5) is 27.6. The lowest BCUT2D eigenvalue weighted by Crippen LogP contribution is -2.21. The van der Waals surface area contributed by atoms with Crippen molar-refractivity contribution in [3.8, 4) is 11.1 Å². The van der Waals surface area contributed by atoms with E-state index in [4.69, 9.17) is 4.74 Å². The summed E-state index contributed by atoms with van der Waals surface area (Å²) in [6.07, 6.45) is -7.91. The quantitative estimate of drug-likeness (QED) is 0.347. The molecule has 1 aliphatic rings. The Hall–Kier alpha value is -3.44. The molecule has 5 nitrogen and oxygen atoms in total. The lowest BCUT2D eigenvalue weighted by Gasteiger charge is -2.16. The van der Waals surface area contributed by atoms with Gasteiger partial charge in [0.25, 0.3) is 0 Å². The van der Waals surface area contributed by atoms with E-state index >= 15 is 4.39 Å². The van der Waals surface area contributed by atoms with E-state index in [9.17, 15) is 35.9 Å². The summed E-state index contributed by atoms with van der Waals surface area (Å²) < 4.78 is 101. The van der Waals surface area contributed by atoms with Crippen molar-refractivity contribution in [3.63, 3.8) is 0 Å². The van der Waals surface area contributed by atoms with Crippen LogP contribution in [0.25, 0.3) is 22.0 Å². The molecule has 0 saturated heterocycles. The van der Waals surface area contributed by atoms with Crippen molar-refractivity contribution >= 4 is 16.9 Å². The average molecular weight is 488 g/mol. The van der Waals surface area contributed by atoms with Crippen LogP contribution in [-0.2, 0) is 17.1 Å². The van der Waals surface area contributed by atoms with Crippen LogP contribution in [0.2, 0.25) is 0 Å². The van der Waals surface area contributed by atoms with E-state index < -0.39 is 52.1 Å². The van der Waals surface area contributed by atoms with Gasteiger partial charge < -0.3 is 9.30 Å². The zero-order valence-corrected chi connectivity index (χ0v) is 17.4. The molecule has 0 amide bonds. The van der Waals surface area contributed by atoms with E-state index in [-0.39, 0.29) is 29.1 Å². The van der Waals surface area contributed by atoms with E-state index in [1.165, 1.54) is 17.7 Å². The SMILES string of the molecule is CCOC(=O)c1cn(C2CC2)c2cc(-c3cc(C(F)(F)F)nc(C(F)(F)F)c3)c(F)cc2c1=O. The summed E-state index contributed by atoms with van der Waals surface area (Å²) in [5.74, 6) is -2.16. The van der Waals surface area contributed by atoms with Gasteiger partial charge in [0.1, 0.15) is 22.8 Å². The fourth-order valence-electron chi connectivity index (χ4n) is 3.58. The normalized spacial score (nSPS) is 14.5. The summed E-state index contributed by atoms with van der Waals surface area (Å²) in [6.45, 7) is 1.52. The Morgan fingerprint density at radius 2 is 1.65 bits per heavy atom. The molecule has 3 aromatic rings. The molecule has 34 heavy (non-hydrogen) atoms. The molecule has 0 radical (unpaired) electrons. The number of alkyl halides is 6. The molecule has 4 rings (SSSR count). The van der Waals surface area contributed by atoms with Crippen LogP contribution in [0.15, 0.2) is 35.3 Å². The molecule has 0 N–H and O–H groups in total. The van der Waals surface area contributed by atoms with Crippen molar-refractivity contribution in [2.24, 2.45) is 0 Å². The molecular weight excluding hydrogens is 473 g/mol. The molecule has 1 saturated carbocycles. The van der Waals surface area contributed by atoms with E-state index in [1.54, 1.807) is 0 Å². The molecule has 0 unspecified atom stereocenters. The summed E-state index contributed by atoms with van der Waals surface area (Å²) >= 11 is 0. The zero-order valence-electron chi connectivity index (χ0n) is 17.4. The van der Waals surface area contributed by atoms with Crippen molar-refractivity contribution in [1.82, 2.24) is 9.55 Å². The Kier molecular flexibility index (Phi) is 5.65. The van der Waals surface area contributed by atoms with E-state index in [2.05, 4.69) is 4.98 Å². The van der Waals surface area contributed by atoms with Crippen molar-refractivity contribution in [1.29, 1.82) is 0 Å². The first-order chi connectivity index (χ1) is 15.8. The third kappa shape index (κ3) is 4.36. The summed E-state index contributed by atoms with van der Waals surface area (Å²) in [6, 6.07) is 2.16. The van der Waals surface area contributed by atoms with Crippen LogP contribution in [0.5, 0.6) is 0 Å². The van der Waals surface area contributed by atoms with Crippen molar-refractivity contribution in [2.75, 3.05) is 6.61 Å². The zero-order chi connectivity index (χ0) is 25.0. The van der Waals surface area contributed by atoms with Crippen LogP contribution in [0, 0.1) is 5.82 Å². The van der Waals surface area contributed by atoms with Crippen molar-refractivity contribution < 1.29 is 40.3 Å². The fourth-order valence-corrected chi connectivity index (χ4v) is 3.58. The molecule has 0 atom stereocenters. The van der Waals surface area contributed by atoms with Gasteiger partial charge in [0.15, 0.2) is 0 Å². The van der Waals surface area contributed by atoms with Gasteiger partial charge in [-0.1, -0.05) is 0 Å². The standard InChI is InChI=1S/C22H15F7N2O3/c1-2-34-20(33)14-9-31(11-3-4-11)16-8-12(15(23)7-13(16)19(14)32)10-5-17(21(24,25)26)30-18(6-10)22(27,28)29/h5-9,11H,2-4H2,1H3. The van der Waals surface area contributed by atoms with Crippen LogP contribution in [0.4, 0.5) is 30.7 Å². The smallest absolute Gasteiger partial charge is 0.433 e. The summed E-state index contributed by atoms with van der Waals surface area (Å²) in [5, 5.41) is -0.250. The molecule has 2 heterocycles. The minimum atomic E-state index is -5.21. The number of benzene rings is 1. The average Bonchev–Trinajstić information content (AvgIpc) is 3.58. The van der Waals surface area contributed by atoms with Crippen molar-refractivity contribution in [2.45, 2.75) is 38.2 Å². The summed E-state index contributed by atoms with van der Waals surface area (Å²) in [7, 11) is 0. The molecule has 0 aliphatic heterocycles. The first-order valence-electron chi connectivity index (χ1n) is 10.0. The second-order valence-corrected chi connectivity index (χ2v) is 7.70. The second-order valence-electron chi connectivity index (χ2n) is 7.70. The molecule has 0 spiro atoms. The number of halogens is 7. The number of rotatable bonds is 4. The van der Waals surface area contributed by atoms with Gasteiger partial charge in [-0.25, -0.2) is 14.2 Å². The van der Waals surface area contributed by atoms with Crippen LogP contribution in [0.3, 0.4) is 0 Å². The van der Waals surface area contributed by atoms with Gasteiger partial charge in [-0.2, -0.15) is 26.3 Å². The number of hydrogen-bond donors (Lipinski definition) is 0. The Labute approximate surface area is 186 Å². The van der Waals surface area contributed by atoms with Crippen molar-refractivity contribution in [3.05, 3.63) is 63.5 Å². The number of carbonyl (C=O) groups excluding carboxylic acids is 1. The number of carbonyl (C=O) groups is 1. The van der Waals surface area contributed by atoms with Gasteiger partial charge >= 0.3 is 18.3 Å². The number of ether oxygens (including phenoxy) is 1. The van der Waals surface area contributed by atoms with E-state index in [1.807, 2.05) is 0 Å². The maximum absolute atomic E-state index is 15.0. The van der Waals surface area contributed by atoms with Crippen LogP contribution < -0.4 is 5.43 Å². The fraction of sp³-hybridized carbons (Fsp3) is 0.318. The number of nitrogens with zero attached hydrogens (tertiary/aromatic N) is 2. The predicted molar refractivity (Wildman–Crippen MR) is 106 cm³/mol. The highest BCUT2D eigenvalue weighted by molar-refractivity contribution is 5.95. The minimum Gasteiger partial charge on any atom is -0.462 e. The Bertz CT molecular complexity index is 1320. The van der Waals surface area contributed by atoms with Gasteiger partial charge in [0, 0.05) is 23.2 Å². The number of pyridine rings is 2. The van der Waals surface area contributed by atoms with Gasteiger partial charge in [0.05, 0.1) is 12.1 Å². The third-order valence-electron chi connectivity index (χ3n) is 5.27. The molecule has 180 valence electrons. The first-order valence-corrected chi connectivity index (χ1v) is 10.0. The first kappa shape index (κ1) is 23.7. The largest absolute Gasteiger partial charge is 0.462 e. The second kappa shape index (κ2) is 8.10. The van der Waals surface area contributed by atoms with E-state index in [0.29, 0.717) is 31.0 Å². The Morgan fingerprint density at radius 1 is 1.06 bits per heavy atom. The topological polar surface area (TPSA) is 61.2 Å². The van der Waals surface area contributed by atoms with Gasteiger partial charge in [-0.15, -0.1) is 0 Å². The van der Waals surface area contributed by atoms with Gasteiger partial charge in [0.2, 0.25) is 5.43 Å². The molecule has 2 aromatic heterocycles. The highest BCUT2D eigenvalue weighted by atomic mass is 19.4. The van der Waals surface area contributed by atoms with Crippen LogP contribution in [0.1, 0.15) is 47.6 Å². The van der Waals surface area contributed by atoms with Gasteiger partial charge in [-0.05, 0) is 49.6 Å². The summed E-state index contributed by atoms with van der Waals surface area (Å²) in [5.41, 5.74) is -6.12. The Balaban J connectivity index is 1.99. The monoisotopic (exact) mass is 488 g/mol. The number of aromatic nitrogens is 2. The van der Waals surface area contributed by atoms with Crippen LogP contribution >= 0.6 is 0 Å². The number of fused-ring (bicyclic) bond motifs is 1. The number of esters is 1. The molecule has 1 aromatic carbocycles. The molecule has 1 fully saturated rings. The third-order valence-corrected chi connectivity index (χ3v) is 5.27. The van der Waals surface area contributed by atoms with Crippen LogP contribution in [-0.4, -0.2) is 22.1 Å². The van der Waals surface area contributed by atoms with Gasteiger partial charge in [-0.3, -0.25) is 4.79 Å². The highest BCUT2D eigenvalue weighted by Gasteiger charge is 2.39. The maximum Gasteiger partial charge on any atom is 0.433 e. The molecule has 12 heteroatoms. The highest BCUT2D eigenvalue weighted by Crippen LogP contribution is 2.40. The van der Waals surface area contributed by atoms with E-state index in [0.717, 1.165) is 6.07 Å². The predicted octanol–water partition coefficient (Wildman–Crippen LogP) is 5.75.